The number of unbranched alkanes of at least 4 members (excludes halogenated alkanes) is 2. The molecule has 0 aliphatic carbocycles. The maximum absolute atomic E-state index is 13.0. The summed E-state index contributed by atoms with van der Waals surface area (Å²) in [6.07, 6.45) is 6.55. The predicted molar refractivity (Wildman–Crippen MR) is 151 cm³/mol. The Morgan fingerprint density at radius 1 is 1.05 bits per heavy atom. The first-order valence-corrected chi connectivity index (χ1v) is 14.6. The van der Waals surface area contributed by atoms with Crippen LogP contribution in [0.25, 0.3) is 0 Å². The Bertz CT molecular complexity index is 940. The van der Waals surface area contributed by atoms with E-state index in [0.717, 1.165) is 81.4 Å². The third-order valence-corrected chi connectivity index (χ3v) is 8.99. The molecule has 0 aromatic heterocycles. The molecule has 4 saturated heterocycles. The zero-order chi connectivity index (χ0) is 26.4. The number of hydrogen-bond acceptors (Lipinski definition) is 8. The highest BCUT2D eigenvalue weighted by Crippen LogP contribution is 2.30. The first-order chi connectivity index (χ1) is 17.9. The normalized spacial score (nSPS) is 27.6. The van der Waals surface area contributed by atoms with Gasteiger partial charge in [-0.2, -0.15) is 0 Å². The molecule has 1 aromatic carbocycles. The highest BCUT2D eigenvalue weighted by molar-refractivity contribution is 14.1. The molecule has 4 aliphatic heterocycles. The van der Waals surface area contributed by atoms with Crippen molar-refractivity contribution in [2.24, 2.45) is 5.92 Å². The predicted octanol–water partition coefficient (Wildman–Crippen LogP) is 2.90. The van der Waals surface area contributed by atoms with Gasteiger partial charge in [0.2, 0.25) is 0 Å². The number of esters is 1. The Kier molecular flexibility index (Phi) is 10.3. The molecule has 37 heavy (non-hydrogen) atoms. The summed E-state index contributed by atoms with van der Waals surface area (Å²) in [6.45, 7) is 5.84. The molecule has 1 amide bonds. The molecule has 0 spiro atoms. The van der Waals surface area contributed by atoms with Crippen molar-refractivity contribution >= 4 is 40.2 Å². The van der Waals surface area contributed by atoms with Crippen LogP contribution in [0.1, 0.15) is 55.3 Å². The summed E-state index contributed by atoms with van der Waals surface area (Å²) >= 11 is 2.12. The van der Waals surface area contributed by atoms with Crippen molar-refractivity contribution in [1.82, 2.24) is 15.1 Å². The Morgan fingerprint density at radius 3 is 2.51 bits per heavy atom. The molecule has 4 heterocycles. The van der Waals surface area contributed by atoms with E-state index in [-0.39, 0.29) is 30.1 Å². The van der Waals surface area contributed by atoms with E-state index in [0.29, 0.717) is 29.3 Å². The maximum atomic E-state index is 13.0. The monoisotopic (exact) mass is 628 g/mol. The number of anilines is 1. The second kappa shape index (κ2) is 13.4. The molecule has 10 heteroatoms. The van der Waals surface area contributed by atoms with Crippen LogP contribution in [-0.4, -0.2) is 93.4 Å². The van der Waals surface area contributed by atoms with Gasteiger partial charge in [0, 0.05) is 48.5 Å². The van der Waals surface area contributed by atoms with Crippen molar-refractivity contribution in [3.8, 4) is 5.75 Å². The Labute approximate surface area is 233 Å². The van der Waals surface area contributed by atoms with E-state index in [9.17, 15) is 9.59 Å². The van der Waals surface area contributed by atoms with Gasteiger partial charge in [-0.05, 0) is 86.3 Å². The maximum Gasteiger partial charge on any atom is 0.306 e. The van der Waals surface area contributed by atoms with E-state index in [4.69, 9.17) is 19.9 Å². The fourth-order valence-corrected chi connectivity index (χ4v) is 6.27. The molecular formula is C27H41IN4O5. The summed E-state index contributed by atoms with van der Waals surface area (Å²) < 4.78 is 17.7. The molecular weight excluding hydrogens is 587 g/mol. The van der Waals surface area contributed by atoms with Crippen LogP contribution < -0.4 is 15.8 Å². The van der Waals surface area contributed by atoms with Gasteiger partial charge in [-0.3, -0.25) is 14.5 Å². The minimum Gasteiger partial charge on any atom is -0.496 e. The van der Waals surface area contributed by atoms with Gasteiger partial charge in [0.25, 0.3) is 5.91 Å². The van der Waals surface area contributed by atoms with Crippen LogP contribution in [-0.2, 0) is 14.3 Å². The lowest BCUT2D eigenvalue weighted by atomic mass is 9.86. The zero-order valence-electron chi connectivity index (χ0n) is 22.0. The molecule has 3 atom stereocenters. The molecule has 4 fully saturated rings. The van der Waals surface area contributed by atoms with Gasteiger partial charge in [-0.15, -0.1) is 0 Å². The van der Waals surface area contributed by atoms with Crippen molar-refractivity contribution in [2.75, 3.05) is 59.2 Å². The lowest BCUT2D eigenvalue weighted by Crippen LogP contribution is -2.54. The van der Waals surface area contributed by atoms with Crippen LogP contribution in [0.4, 0.5) is 5.69 Å². The zero-order valence-corrected chi connectivity index (χ0v) is 24.2. The van der Waals surface area contributed by atoms with Gasteiger partial charge in [0.05, 0.1) is 24.8 Å². The molecule has 206 valence electrons. The van der Waals surface area contributed by atoms with E-state index < -0.39 is 0 Å². The smallest absolute Gasteiger partial charge is 0.306 e. The fourth-order valence-electron chi connectivity index (χ4n) is 5.80. The van der Waals surface area contributed by atoms with Crippen LogP contribution in [0.5, 0.6) is 5.75 Å². The highest BCUT2D eigenvalue weighted by Gasteiger charge is 2.36. The number of nitrogens with zero attached hydrogens (tertiary/aromatic N) is 2. The third-order valence-electron chi connectivity index (χ3n) is 8.06. The summed E-state index contributed by atoms with van der Waals surface area (Å²) in [6, 6.07) is 3.37. The second-order valence-electron chi connectivity index (χ2n) is 10.5. The van der Waals surface area contributed by atoms with Gasteiger partial charge in [0.1, 0.15) is 11.9 Å². The second-order valence-corrected chi connectivity index (χ2v) is 11.7. The summed E-state index contributed by atoms with van der Waals surface area (Å²) in [4.78, 5) is 30.1. The van der Waals surface area contributed by atoms with Crippen LogP contribution >= 0.6 is 22.6 Å². The van der Waals surface area contributed by atoms with E-state index in [1.807, 2.05) is 0 Å². The average molecular weight is 629 g/mol. The molecule has 0 radical (unpaired) electrons. The summed E-state index contributed by atoms with van der Waals surface area (Å²) in [5.41, 5.74) is 7.03. The number of nitrogens with two attached hydrogens (primary N) is 1. The fraction of sp³-hybridized carbons (Fsp3) is 0.704. The third kappa shape index (κ3) is 7.48. The standard InChI is InChI=1S/C27H41IN4O5/c1-35-23-15-21(29)20(28)14-19(23)27(34)30-22-9-13-31(17-25(22)36-2)10-5-3-4-6-26(33)37-24-16-32-11-7-18(24)8-12-32/h14-15,18,22,24-25H,3-13,16-17,29H2,1-2H3,(H,30,34)/t22-,24+,25+/m1/s1. The summed E-state index contributed by atoms with van der Waals surface area (Å²) in [7, 11) is 3.23. The quantitative estimate of drug-likeness (QED) is 0.167. The Balaban J connectivity index is 1.15. The molecule has 2 bridgehead atoms. The number of piperidine rings is 4. The number of carbonyl (C=O) groups excluding carboxylic acids is 2. The van der Waals surface area contributed by atoms with Gasteiger partial charge < -0.3 is 30.2 Å². The SMILES string of the molecule is COc1cc(N)c(I)cc1C(=O)N[C@@H]1CCN(CCCCCC(=O)O[C@H]2CN3CCC2CC3)C[C@@H]1OC. The number of fused-ring (bicyclic) bond motifs is 3. The first kappa shape index (κ1) is 28.4. The number of amides is 1. The van der Waals surface area contributed by atoms with Gasteiger partial charge in [-0.1, -0.05) is 6.42 Å². The van der Waals surface area contributed by atoms with Crippen molar-refractivity contribution in [3.05, 3.63) is 21.3 Å². The molecule has 4 aliphatic rings. The largest absolute Gasteiger partial charge is 0.496 e. The van der Waals surface area contributed by atoms with Crippen LogP contribution in [0.2, 0.25) is 0 Å². The van der Waals surface area contributed by atoms with Gasteiger partial charge in [-0.25, -0.2) is 0 Å². The molecule has 1 aromatic rings. The summed E-state index contributed by atoms with van der Waals surface area (Å²) in [5, 5.41) is 3.14. The van der Waals surface area contributed by atoms with E-state index in [1.54, 1.807) is 19.2 Å². The number of halogens is 1. The minimum absolute atomic E-state index is 0.0397. The van der Waals surface area contributed by atoms with Crippen molar-refractivity contribution in [1.29, 1.82) is 0 Å². The molecule has 0 unspecified atom stereocenters. The molecule has 9 nitrogen and oxygen atoms in total. The van der Waals surface area contributed by atoms with Gasteiger partial charge >= 0.3 is 5.97 Å². The number of rotatable bonds is 11. The van der Waals surface area contributed by atoms with E-state index in [2.05, 4.69) is 37.7 Å². The van der Waals surface area contributed by atoms with E-state index >= 15 is 0 Å². The number of likely N-dealkylation sites (tertiary alicyclic amines) is 1. The Hall–Kier alpha value is -1.63. The number of carbonyl (C=O) groups is 2. The number of hydrogen-bond donors (Lipinski definition) is 2. The summed E-state index contributed by atoms with van der Waals surface area (Å²) in [5.74, 6) is 0.810. The minimum atomic E-state index is -0.180. The lowest BCUT2D eigenvalue weighted by Gasteiger charge is -2.43. The number of benzene rings is 1. The average Bonchev–Trinajstić information content (AvgIpc) is 2.91. The van der Waals surface area contributed by atoms with E-state index in [1.165, 1.54) is 7.11 Å². The highest BCUT2D eigenvalue weighted by atomic mass is 127. The first-order valence-electron chi connectivity index (χ1n) is 13.5. The molecule has 3 N–H and O–H groups in total. The van der Waals surface area contributed by atoms with Crippen molar-refractivity contribution < 1.29 is 23.8 Å². The number of methoxy groups -OCH3 is 2. The topological polar surface area (TPSA) is 106 Å². The number of nitrogens with one attached hydrogen (secondary N) is 1. The van der Waals surface area contributed by atoms with Crippen molar-refractivity contribution in [3.63, 3.8) is 0 Å². The lowest BCUT2D eigenvalue weighted by molar-refractivity contribution is -0.158. The van der Waals surface area contributed by atoms with Crippen LogP contribution in [0.15, 0.2) is 12.1 Å². The molecule has 5 rings (SSSR count). The Morgan fingerprint density at radius 2 is 1.84 bits per heavy atom. The number of ether oxygens (including phenoxy) is 3. The number of nitrogen functional groups attached to an aromatic ring is 1. The van der Waals surface area contributed by atoms with Crippen LogP contribution in [0.3, 0.4) is 0 Å². The van der Waals surface area contributed by atoms with Crippen LogP contribution in [0, 0.1) is 9.49 Å². The molecule has 0 saturated carbocycles. The van der Waals surface area contributed by atoms with Crippen molar-refractivity contribution in [2.45, 2.75) is 63.2 Å². The van der Waals surface area contributed by atoms with Gasteiger partial charge in [0.15, 0.2) is 0 Å².